The summed E-state index contributed by atoms with van der Waals surface area (Å²) < 4.78 is 0. The number of carbonyl (C=O) groups excluding carboxylic acids is 2. The Morgan fingerprint density at radius 2 is 1.60 bits per heavy atom. The molecule has 7 heteroatoms. The van der Waals surface area contributed by atoms with E-state index in [-0.39, 0.29) is 23.3 Å². The maximum Gasteiger partial charge on any atom is 0.220 e. The molecule has 0 radical (unpaired) electrons. The Labute approximate surface area is 257 Å². The van der Waals surface area contributed by atoms with Crippen LogP contribution in [-0.2, 0) is 9.59 Å². The van der Waals surface area contributed by atoms with Crippen LogP contribution >= 0.6 is 0 Å². The molecule has 4 unspecified atom stereocenters. The second kappa shape index (κ2) is 15.3. The molecule has 7 nitrogen and oxygen atoms in total. The Balaban J connectivity index is 1.25. The van der Waals surface area contributed by atoms with Crippen LogP contribution in [0.5, 0.6) is 0 Å². The molecule has 0 heterocycles. The quantitative estimate of drug-likeness (QED) is 0.168. The summed E-state index contributed by atoms with van der Waals surface area (Å²) in [6.07, 6.45) is 13.2. The van der Waals surface area contributed by atoms with E-state index >= 15 is 0 Å². The monoisotopic (exact) mass is 588 g/mol. The highest BCUT2D eigenvalue weighted by atomic mass is 16.1. The topological polar surface area (TPSA) is 108 Å². The molecular formula is C35H65N5O2. The largest absolute Gasteiger partial charge is 0.354 e. The zero-order valence-electron chi connectivity index (χ0n) is 27.7. The normalized spacial score (nSPS) is 36.8. The summed E-state index contributed by atoms with van der Waals surface area (Å²) in [5, 5.41) is 13.9. The number of carbonyl (C=O) groups is 2. The molecule has 4 aliphatic rings. The summed E-state index contributed by atoms with van der Waals surface area (Å²) in [4.78, 5) is 26.3. The lowest BCUT2D eigenvalue weighted by molar-refractivity contribution is -0.157. The molecule has 0 saturated heterocycles. The van der Waals surface area contributed by atoms with Gasteiger partial charge in [-0.05, 0) is 145 Å². The highest BCUT2D eigenvalue weighted by Gasteiger charge is 2.63. The molecule has 0 aromatic carbocycles. The summed E-state index contributed by atoms with van der Waals surface area (Å²) in [6, 6.07) is 0.764. The number of amides is 1. The minimum Gasteiger partial charge on any atom is -0.354 e. The van der Waals surface area contributed by atoms with Crippen molar-refractivity contribution in [1.82, 2.24) is 21.3 Å². The van der Waals surface area contributed by atoms with Gasteiger partial charge in [0.15, 0.2) is 0 Å². The van der Waals surface area contributed by atoms with E-state index in [1.165, 1.54) is 44.9 Å². The van der Waals surface area contributed by atoms with E-state index in [1.807, 2.05) is 13.8 Å². The van der Waals surface area contributed by atoms with E-state index < -0.39 is 0 Å². The molecule has 4 saturated carbocycles. The van der Waals surface area contributed by atoms with E-state index in [4.69, 9.17) is 5.73 Å². The number of nitrogens with two attached hydrogens (primary N) is 1. The summed E-state index contributed by atoms with van der Waals surface area (Å²) in [6.45, 7) is 17.4. The first kappa shape index (κ1) is 33.9. The highest BCUT2D eigenvalue weighted by Crippen LogP contribution is 2.67. The Bertz CT molecular complexity index is 881. The van der Waals surface area contributed by atoms with Gasteiger partial charge in [-0.25, -0.2) is 0 Å². The highest BCUT2D eigenvalue weighted by molar-refractivity contribution is 5.83. The van der Waals surface area contributed by atoms with Gasteiger partial charge < -0.3 is 27.0 Å². The average molecular weight is 588 g/mol. The van der Waals surface area contributed by atoms with Crippen molar-refractivity contribution in [2.24, 2.45) is 52.1 Å². The number of ketones is 1. The number of hydrogen-bond donors (Lipinski definition) is 5. The fourth-order valence-electron chi connectivity index (χ4n) is 10.2. The molecule has 0 aromatic heterocycles. The fourth-order valence-corrected chi connectivity index (χ4v) is 10.2. The van der Waals surface area contributed by atoms with Gasteiger partial charge in [-0.2, -0.15) is 0 Å². The summed E-state index contributed by atoms with van der Waals surface area (Å²) in [7, 11) is 0. The number of rotatable bonds is 16. The van der Waals surface area contributed by atoms with Crippen molar-refractivity contribution in [2.75, 3.05) is 39.3 Å². The van der Waals surface area contributed by atoms with E-state index in [0.717, 1.165) is 65.0 Å². The van der Waals surface area contributed by atoms with Gasteiger partial charge in [-0.1, -0.05) is 20.8 Å². The average Bonchev–Trinajstić information content (AvgIpc) is 3.30. The van der Waals surface area contributed by atoms with Crippen molar-refractivity contribution in [3.63, 3.8) is 0 Å². The molecule has 0 aliphatic heterocycles. The first-order chi connectivity index (χ1) is 20.1. The molecular weight excluding hydrogens is 522 g/mol. The lowest BCUT2D eigenvalue weighted by Gasteiger charge is -2.60. The van der Waals surface area contributed by atoms with Gasteiger partial charge in [-0.3, -0.25) is 9.59 Å². The van der Waals surface area contributed by atoms with Crippen LogP contribution in [0.15, 0.2) is 0 Å². The first-order valence-corrected chi connectivity index (χ1v) is 17.8. The van der Waals surface area contributed by atoms with Crippen LogP contribution < -0.4 is 27.0 Å². The lowest BCUT2D eigenvalue weighted by Crippen LogP contribution is -2.58. The van der Waals surface area contributed by atoms with Gasteiger partial charge >= 0.3 is 0 Å². The molecule has 242 valence electrons. The predicted molar refractivity (Wildman–Crippen MR) is 173 cm³/mol. The van der Waals surface area contributed by atoms with Gasteiger partial charge in [-0.15, -0.1) is 0 Å². The molecule has 42 heavy (non-hydrogen) atoms. The van der Waals surface area contributed by atoms with Crippen molar-refractivity contribution >= 4 is 11.7 Å². The van der Waals surface area contributed by atoms with E-state index in [2.05, 4.69) is 42.0 Å². The Kier molecular flexibility index (Phi) is 12.3. The van der Waals surface area contributed by atoms with Crippen LogP contribution in [0.2, 0.25) is 0 Å². The number of hydrogen-bond acceptors (Lipinski definition) is 6. The SMILES string of the molecule is CC(C)NC(=O)CC[C@@H](C)[C@H]1CCC2C3C(=O)CC4C[C@@H](NCCCNCCNCCCN)CC[C@]4(C)C3CC[C@@]21C. The van der Waals surface area contributed by atoms with Crippen molar-refractivity contribution in [2.45, 2.75) is 124 Å². The van der Waals surface area contributed by atoms with Crippen LogP contribution in [0, 0.1) is 46.3 Å². The molecule has 6 N–H and O–H groups in total. The predicted octanol–water partition coefficient (Wildman–Crippen LogP) is 4.64. The Hall–Kier alpha value is -1.02. The smallest absolute Gasteiger partial charge is 0.220 e. The number of Topliss-reactive ketones (excluding diaryl/α,β-unsaturated/α-hetero) is 1. The third-order valence-corrected chi connectivity index (χ3v) is 12.5. The standard InChI is InChI=1S/C35H65N5O2/c1-24(2)40-32(42)11-8-25(3)28-9-10-29-33-30(13-15-35(28,29)5)34(4)14-12-27(22-26(34)23-31(33)41)39-19-7-18-38-21-20-37-17-6-16-36/h24-30,33,37-39H,6-23,36H2,1-5H3,(H,40,42)/t25-,26?,27+,28-,29?,30?,33?,34+,35-/m1/s1. The zero-order chi connectivity index (χ0) is 30.3. The second-order valence-corrected chi connectivity index (χ2v) is 15.5. The fraction of sp³-hybridized carbons (Fsp3) is 0.943. The van der Waals surface area contributed by atoms with E-state index in [0.29, 0.717) is 53.3 Å². The Morgan fingerprint density at radius 3 is 2.31 bits per heavy atom. The molecule has 4 fully saturated rings. The molecule has 0 bridgehead atoms. The third kappa shape index (κ3) is 7.79. The maximum absolute atomic E-state index is 14.0. The van der Waals surface area contributed by atoms with Crippen molar-refractivity contribution in [3.8, 4) is 0 Å². The zero-order valence-corrected chi connectivity index (χ0v) is 27.7. The van der Waals surface area contributed by atoms with Gasteiger partial charge in [0.2, 0.25) is 5.91 Å². The molecule has 0 aromatic rings. The maximum atomic E-state index is 14.0. The summed E-state index contributed by atoms with van der Waals surface area (Å²) in [5.74, 6) is 3.86. The van der Waals surface area contributed by atoms with Crippen LogP contribution in [-0.4, -0.2) is 63.0 Å². The van der Waals surface area contributed by atoms with Gasteiger partial charge in [0, 0.05) is 43.9 Å². The third-order valence-electron chi connectivity index (χ3n) is 12.5. The minimum absolute atomic E-state index is 0.186. The van der Waals surface area contributed by atoms with E-state index in [1.54, 1.807) is 0 Å². The van der Waals surface area contributed by atoms with E-state index in [9.17, 15) is 9.59 Å². The van der Waals surface area contributed by atoms with Gasteiger partial charge in [0.25, 0.3) is 0 Å². The molecule has 4 rings (SSSR count). The molecule has 1 amide bonds. The second-order valence-electron chi connectivity index (χ2n) is 15.5. The lowest BCUT2D eigenvalue weighted by atomic mass is 9.44. The summed E-state index contributed by atoms with van der Waals surface area (Å²) >= 11 is 0. The molecule has 9 atom stereocenters. The minimum atomic E-state index is 0.186. The van der Waals surface area contributed by atoms with Crippen molar-refractivity contribution < 1.29 is 9.59 Å². The first-order valence-electron chi connectivity index (χ1n) is 17.8. The molecule has 0 spiro atoms. The number of fused-ring (bicyclic) bond motifs is 5. The van der Waals surface area contributed by atoms with Crippen LogP contribution in [0.1, 0.15) is 112 Å². The Morgan fingerprint density at radius 1 is 0.905 bits per heavy atom. The van der Waals surface area contributed by atoms with Crippen molar-refractivity contribution in [1.29, 1.82) is 0 Å². The van der Waals surface area contributed by atoms with Gasteiger partial charge in [0.1, 0.15) is 5.78 Å². The molecule has 4 aliphatic carbocycles. The van der Waals surface area contributed by atoms with Gasteiger partial charge in [0.05, 0.1) is 0 Å². The van der Waals surface area contributed by atoms with Crippen molar-refractivity contribution in [3.05, 3.63) is 0 Å². The summed E-state index contributed by atoms with van der Waals surface area (Å²) in [5.41, 5.74) is 6.10. The van der Waals surface area contributed by atoms with Crippen LogP contribution in [0.3, 0.4) is 0 Å². The number of nitrogens with one attached hydrogen (secondary N) is 4. The van der Waals surface area contributed by atoms with Crippen LogP contribution in [0.25, 0.3) is 0 Å². The van der Waals surface area contributed by atoms with Crippen LogP contribution in [0.4, 0.5) is 0 Å².